The van der Waals surface area contributed by atoms with Gasteiger partial charge in [-0.1, -0.05) is 29.8 Å². The molecule has 1 aromatic heterocycles. The van der Waals surface area contributed by atoms with Crippen LogP contribution in [0.15, 0.2) is 48.6 Å². The Morgan fingerprint density at radius 2 is 2.00 bits per heavy atom. The molecule has 1 aromatic carbocycles. The van der Waals surface area contributed by atoms with Crippen molar-refractivity contribution in [3.8, 4) is 0 Å². The quantitative estimate of drug-likeness (QED) is 0.421. The van der Waals surface area contributed by atoms with E-state index in [9.17, 15) is 14.4 Å². The number of methoxy groups -OCH3 is 1. The van der Waals surface area contributed by atoms with Crippen molar-refractivity contribution < 1.29 is 19.1 Å². The molecule has 0 N–H and O–H groups in total. The monoisotopic (exact) mass is 445 g/mol. The number of ether oxygens (including phenoxy) is 1. The molecule has 1 fully saturated rings. The van der Waals surface area contributed by atoms with Crippen molar-refractivity contribution in [1.82, 2.24) is 4.90 Å². The van der Waals surface area contributed by atoms with Crippen LogP contribution in [0.3, 0.4) is 0 Å². The number of allylic oxidation sites excluding steroid dienone is 1. The lowest BCUT2D eigenvalue weighted by Gasteiger charge is -2.22. The maximum Gasteiger partial charge on any atom is 0.348 e. The molecule has 3 rings (SSSR count). The SMILES string of the molecule is COC(=O)c1ccc(CCCN2C(=O)CCC2/C=C/C(=O)Cc2ccc(Cl)cc2)s1. The van der Waals surface area contributed by atoms with Gasteiger partial charge in [-0.15, -0.1) is 11.3 Å². The molecule has 1 unspecified atom stereocenters. The molecule has 0 radical (unpaired) electrons. The Bertz CT molecular complexity index is 935. The molecule has 0 spiro atoms. The van der Waals surface area contributed by atoms with Crippen LogP contribution in [0.1, 0.15) is 39.4 Å². The second kappa shape index (κ2) is 10.5. The van der Waals surface area contributed by atoms with Gasteiger partial charge < -0.3 is 9.64 Å². The maximum absolute atomic E-state index is 12.3. The van der Waals surface area contributed by atoms with Crippen LogP contribution in [0.4, 0.5) is 0 Å². The molecular weight excluding hydrogens is 422 g/mol. The van der Waals surface area contributed by atoms with Crippen LogP contribution in [0, 0.1) is 0 Å². The van der Waals surface area contributed by atoms with Crippen molar-refractivity contribution in [2.75, 3.05) is 13.7 Å². The molecule has 1 amide bonds. The Labute approximate surface area is 185 Å². The van der Waals surface area contributed by atoms with Crippen molar-refractivity contribution >= 4 is 40.6 Å². The largest absolute Gasteiger partial charge is 0.465 e. The zero-order valence-corrected chi connectivity index (χ0v) is 18.4. The molecule has 0 saturated carbocycles. The maximum atomic E-state index is 12.3. The summed E-state index contributed by atoms with van der Waals surface area (Å²) in [4.78, 5) is 39.6. The van der Waals surface area contributed by atoms with Gasteiger partial charge in [0.25, 0.3) is 0 Å². The van der Waals surface area contributed by atoms with Gasteiger partial charge >= 0.3 is 5.97 Å². The summed E-state index contributed by atoms with van der Waals surface area (Å²) in [6, 6.07) is 10.9. The number of thiophene rings is 1. The number of rotatable bonds is 9. The average molecular weight is 446 g/mol. The minimum absolute atomic E-state index is 0.00514. The Morgan fingerprint density at radius 1 is 1.23 bits per heavy atom. The van der Waals surface area contributed by atoms with Gasteiger partial charge in [0.15, 0.2) is 5.78 Å². The fourth-order valence-electron chi connectivity index (χ4n) is 3.47. The molecule has 1 atom stereocenters. The summed E-state index contributed by atoms with van der Waals surface area (Å²) in [7, 11) is 1.37. The summed E-state index contributed by atoms with van der Waals surface area (Å²) >= 11 is 7.29. The molecule has 1 saturated heterocycles. The van der Waals surface area contributed by atoms with Crippen LogP contribution in [-0.4, -0.2) is 42.3 Å². The van der Waals surface area contributed by atoms with Gasteiger partial charge in [-0.3, -0.25) is 9.59 Å². The lowest BCUT2D eigenvalue weighted by Crippen LogP contribution is -2.33. The zero-order valence-electron chi connectivity index (χ0n) is 16.8. The predicted molar refractivity (Wildman–Crippen MR) is 118 cm³/mol. The van der Waals surface area contributed by atoms with Crippen molar-refractivity contribution in [3.05, 3.63) is 68.9 Å². The Morgan fingerprint density at radius 3 is 2.73 bits per heavy atom. The number of hydrogen-bond acceptors (Lipinski definition) is 5. The first-order valence-corrected chi connectivity index (χ1v) is 11.1. The number of esters is 1. The molecule has 30 heavy (non-hydrogen) atoms. The summed E-state index contributed by atoms with van der Waals surface area (Å²) in [6.07, 6.45) is 6.58. The predicted octanol–water partition coefficient (Wildman–Crippen LogP) is 4.48. The van der Waals surface area contributed by atoms with E-state index < -0.39 is 0 Å². The molecule has 2 aromatic rings. The van der Waals surface area contributed by atoms with E-state index in [2.05, 4.69) is 0 Å². The molecule has 5 nitrogen and oxygen atoms in total. The summed E-state index contributed by atoms with van der Waals surface area (Å²) in [5.41, 5.74) is 0.913. The highest BCUT2D eigenvalue weighted by Gasteiger charge is 2.28. The smallest absolute Gasteiger partial charge is 0.348 e. The van der Waals surface area contributed by atoms with Crippen molar-refractivity contribution in [2.24, 2.45) is 0 Å². The highest BCUT2D eigenvalue weighted by Crippen LogP contribution is 2.23. The third-order valence-corrected chi connectivity index (χ3v) is 6.42. The number of carbonyl (C=O) groups is 3. The van der Waals surface area contributed by atoms with Crippen LogP contribution in [0.2, 0.25) is 5.02 Å². The summed E-state index contributed by atoms with van der Waals surface area (Å²) in [5.74, 6) is -0.198. The number of hydrogen-bond donors (Lipinski definition) is 0. The Balaban J connectivity index is 1.50. The van der Waals surface area contributed by atoms with E-state index >= 15 is 0 Å². The van der Waals surface area contributed by atoms with Crippen LogP contribution < -0.4 is 0 Å². The van der Waals surface area contributed by atoms with E-state index in [1.54, 1.807) is 24.3 Å². The van der Waals surface area contributed by atoms with Gasteiger partial charge in [-0.25, -0.2) is 4.79 Å². The number of amides is 1. The molecule has 0 aliphatic carbocycles. The fraction of sp³-hybridized carbons (Fsp3) is 0.348. The Hall–Kier alpha value is -2.44. The number of nitrogens with zero attached hydrogens (tertiary/aromatic N) is 1. The van der Waals surface area contributed by atoms with Crippen LogP contribution in [-0.2, 0) is 27.2 Å². The van der Waals surface area contributed by atoms with Crippen LogP contribution >= 0.6 is 22.9 Å². The van der Waals surface area contributed by atoms with Gasteiger partial charge in [0, 0.05) is 29.3 Å². The highest BCUT2D eigenvalue weighted by molar-refractivity contribution is 7.13. The van der Waals surface area contributed by atoms with E-state index in [1.807, 2.05) is 29.2 Å². The van der Waals surface area contributed by atoms with E-state index in [0.29, 0.717) is 29.3 Å². The van der Waals surface area contributed by atoms with Crippen LogP contribution in [0.5, 0.6) is 0 Å². The lowest BCUT2D eigenvalue weighted by molar-refractivity contribution is -0.128. The van der Waals surface area contributed by atoms with E-state index in [-0.39, 0.29) is 23.7 Å². The van der Waals surface area contributed by atoms with Gasteiger partial charge in [0.1, 0.15) is 4.88 Å². The number of benzene rings is 1. The summed E-state index contributed by atoms with van der Waals surface area (Å²) in [5, 5.41) is 0.644. The topological polar surface area (TPSA) is 63.7 Å². The molecular formula is C23H24ClNO4S. The molecule has 0 bridgehead atoms. The number of ketones is 1. The zero-order chi connectivity index (χ0) is 21.5. The van der Waals surface area contributed by atoms with Crippen LogP contribution in [0.25, 0.3) is 0 Å². The van der Waals surface area contributed by atoms with Gasteiger partial charge in [-0.2, -0.15) is 0 Å². The number of likely N-dealkylation sites (tertiary alicyclic amines) is 1. The summed E-state index contributed by atoms with van der Waals surface area (Å²) in [6.45, 7) is 0.630. The molecule has 158 valence electrons. The van der Waals surface area contributed by atoms with E-state index in [0.717, 1.165) is 29.7 Å². The van der Waals surface area contributed by atoms with Gasteiger partial charge in [0.05, 0.1) is 13.2 Å². The number of halogens is 1. The average Bonchev–Trinajstić information content (AvgIpc) is 3.35. The highest BCUT2D eigenvalue weighted by atomic mass is 35.5. The van der Waals surface area contributed by atoms with E-state index in [1.165, 1.54) is 18.4 Å². The van der Waals surface area contributed by atoms with Crippen molar-refractivity contribution in [1.29, 1.82) is 0 Å². The lowest BCUT2D eigenvalue weighted by atomic mass is 10.1. The second-order valence-corrected chi connectivity index (χ2v) is 8.79. The molecule has 1 aliphatic rings. The third-order valence-electron chi connectivity index (χ3n) is 5.04. The first kappa shape index (κ1) is 22.2. The number of carbonyl (C=O) groups excluding carboxylic acids is 3. The summed E-state index contributed by atoms with van der Waals surface area (Å²) < 4.78 is 4.73. The van der Waals surface area contributed by atoms with Gasteiger partial charge in [0.2, 0.25) is 5.91 Å². The first-order valence-electron chi connectivity index (χ1n) is 9.88. The molecule has 7 heteroatoms. The van der Waals surface area contributed by atoms with E-state index in [4.69, 9.17) is 16.3 Å². The molecule has 2 heterocycles. The van der Waals surface area contributed by atoms with Gasteiger partial charge in [-0.05, 0) is 55.2 Å². The minimum Gasteiger partial charge on any atom is -0.465 e. The third kappa shape index (κ3) is 6.03. The second-order valence-electron chi connectivity index (χ2n) is 7.18. The minimum atomic E-state index is -0.325. The fourth-order valence-corrected chi connectivity index (χ4v) is 4.57. The normalized spacial score (nSPS) is 16.4. The first-order chi connectivity index (χ1) is 14.5. The van der Waals surface area contributed by atoms with Crippen molar-refractivity contribution in [2.45, 2.75) is 38.1 Å². The molecule has 1 aliphatic heterocycles. The number of aryl methyl sites for hydroxylation is 1. The van der Waals surface area contributed by atoms with Crippen molar-refractivity contribution in [3.63, 3.8) is 0 Å². The Kier molecular flexibility index (Phi) is 7.82. The standard InChI is InChI=1S/C23H24ClNO4S/c1-29-23(28)21-12-11-20(30-21)3-2-14-25-18(9-13-22(25)27)8-10-19(26)15-16-4-6-17(24)7-5-16/h4-8,10-12,18H,2-3,9,13-15H2,1H3/b10-8+.